The van der Waals surface area contributed by atoms with Crippen LogP contribution in [0.4, 0.5) is 14.5 Å². The van der Waals surface area contributed by atoms with E-state index in [0.29, 0.717) is 48.6 Å². The maximum absolute atomic E-state index is 14.5. The van der Waals surface area contributed by atoms with Crippen LogP contribution in [-0.2, 0) is 6.42 Å². The minimum absolute atomic E-state index is 0.258. The monoisotopic (exact) mass is 374 g/mol. The lowest BCUT2D eigenvalue weighted by atomic mass is 10.0. The van der Waals surface area contributed by atoms with E-state index in [0.717, 1.165) is 5.57 Å². The van der Waals surface area contributed by atoms with Crippen molar-refractivity contribution >= 4 is 11.9 Å². The van der Waals surface area contributed by atoms with E-state index >= 15 is 0 Å². The van der Waals surface area contributed by atoms with Crippen molar-refractivity contribution in [3.05, 3.63) is 64.9 Å². The Hall–Kier alpha value is -2.47. The Morgan fingerprint density at radius 3 is 2.78 bits per heavy atom. The van der Waals surface area contributed by atoms with Gasteiger partial charge in [-0.2, -0.15) is 0 Å². The van der Waals surface area contributed by atoms with Crippen molar-refractivity contribution in [2.75, 3.05) is 25.2 Å². The molecular weight excluding hydrogens is 346 g/mol. The number of halogens is 2. The van der Waals surface area contributed by atoms with Gasteiger partial charge in [0.25, 0.3) is 0 Å². The fraction of sp³-hybridized carbons (Fsp3) is 0.381. The van der Waals surface area contributed by atoms with E-state index < -0.39 is 11.6 Å². The smallest absolute Gasteiger partial charge is 0.147 e. The van der Waals surface area contributed by atoms with Crippen LogP contribution in [0.3, 0.4) is 0 Å². The molecule has 0 radical (unpaired) electrons. The van der Waals surface area contributed by atoms with Crippen molar-refractivity contribution in [2.45, 2.75) is 32.7 Å². The number of nitrogens with two attached hydrogens (primary N) is 1. The second kappa shape index (κ2) is 9.46. The Morgan fingerprint density at radius 2 is 2.15 bits per heavy atom. The second-order valence-corrected chi connectivity index (χ2v) is 6.87. The van der Waals surface area contributed by atoms with Crippen molar-refractivity contribution < 1.29 is 8.78 Å². The number of benzene rings is 1. The fourth-order valence-corrected chi connectivity index (χ4v) is 2.99. The number of aryl methyl sites for hydroxylation is 1. The molecule has 1 aromatic carbocycles. The average Bonchev–Trinajstić information content (AvgIpc) is 3.07. The highest BCUT2D eigenvalue weighted by molar-refractivity contribution is 5.72. The largest absolute Gasteiger partial charge is 0.398 e. The third-order valence-corrected chi connectivity index (χ3v) is 4.69. The molecule has 146 valence electrons. The molecule has 3 N–H and O–H groups in total. The highest BCUT2D eigenvalue weighted by Crippen LogP contribution is 2.26. The first-order valence-corrected chi connectivity index (χ1v) is 9.03. The van der Waals surface area contributed by atoms with Gasteiger partial charge in [-0.1, -0.05) is 12.7 Å². The summed E-state index contributed by atoms with van der Waals surface area (Å²) >= 11 is 0. The molecule has 1 saturated heterocycles. The van der Waals surface area contributed by atoms with E-state index in [9.17, 15) is 8.78 Å². The number of hydrogen-bond acceptors (Lipinski definition) is 4. The minimum atomic E-state index is -0.400. The van der Waals surface area contributed by atoms with Gasteiger partial charge in [0.1, 0.15) is 11.6 Å². The SMILES string of the molecule is C=C(/C=C\C=NC)/C(N)=C(\C)CCc1cc(F)c(N2CNC(C)C2)cc1F. The predicted molar refractivity (Wildman–Crippen MR) is 109 cm³/mol. The number of nitrogens with zero attached hydrogens (tertiary/aromatic N) is 2. The van der Waals surface area contributed by atoms with Gasteiger partial charge in [0.15, 0.2) is 0 Å². The van der Waals surface area contributed by atoms with E-state index in [4.69, 9.17) is 5.73 Å². The lowest BCUT2D eigenvalue weighted by Gasteiger charge is -2.19. The van der Waals surface area contributed by atoms with Crippen molar-refractivity contribution in [3.63, 3.8) is 0 Å². The van der Waals surface area contributed by atoms with Gasteiger partial charge in [0, 0.05) is 37.6 Å². The molecule has 0 aliphatic carbocycles. The van der Waals surface area contributed by atoms with Crippen molar-refractivity contribution in [1.29, 1.82) is 0 Å². The highest BCUT2D eigenvalue weighted by Gasteiger charge is 2.22. The molecule has 27 heavy (non-hydrogen) atoms. The van der Waals surface area contributed by atoms with Gasteiger partial charge in [0.05, 0.1) is 12.4 Å². The molecule has 1 atom stereocenters. The molecular formula is C21H28F2N4. The Balaban J connectivity index is 2.08. The summed E-state index contributed by atoms with van der Waals surface area (Å²) in [5.74, 6) is -0.793. The molecule has 0 spiro atoms. The average molecular weight is 374 g/mol. The van der Waals surface area contributed by atoms with Gasteiger partial charge in [0.2, 0.25) is 0 Å². The normalized spacial score (nSPS) is 18.6. The third-order valence-electron chi connectivity index (χ3n) is 4.69. The highest BCUT2D eigenvalue weighted by atomic mass is 19.1. The number of rotatable bonds is 7. The minimum Gasteiger partial charge on any atom is -0.398 e. The Bertz CT molecular complexity index is 781. The summed E-state index contributed by atoms with van der Waals surface area (Å²) in [7, 11) is 1.68. The van der Waals surface area contributed by atoms with Crippen LogP contribution in [0.1, 0.15) is 25.8 Å². The van der Waals surface area contributed by atoms with Crippen LogP contribution in [0.15, 0.2) is 52.7 Å². The Morgan fingerprint density at radius 1 is 1.41 bits per heavy atom. The standard InChI is InChI=1S/C21H28F2N4/c1-14(6-5-9-25-4)21(24)15(2)7-8-17-10-19(23)20(11-18(17)22)27-12-16(3)26-13-27/h5-6,9-11,16,26H,1,7-8,12-13,24H2,2-4H3/b6-5-,21-15-,25-9?. The molecule has 0 saturated carbocycles. The third kappa shape index (κ3) is 5.50. The second-order valence-electron chi connectivity index (χ2n) is 6.87. The number of hydrogen-bond donors (Lipinski definition) is 2. The summed E-state index contributed by atoms with van der Waals surface area (Å²) in [6.07, 6.45) is 6.07. The molecule has 6 heteroatoms. The summed E-state index contributed by atoms with van der Waals surface area (Å²) in [6.45, 7) is 8.99. The van der Waals surface area contributed by atoms with Crippen LogP contribution < -0.4 is 16.0 Å². The zero-order chi connectivity index (χ0) is 20.0. The fourth-order valence-electron chi connectivity index (χ4n) is 2.99. The summed E-state index contributed by atoms with van der Waals surface area (Å²) in [4.78, 5) is 5.66. The molecule has 0 amide bonds. The Kier molecular flexibility index (Phi) is 7.30. The first-order chi connectivity index (χ1) is 12.8. The van der Waals surface area contributed by atoms with Crippen LogP contribution in [0, 0.1) is 11.6 Å². The van der Waals surface area contributed by atoms with E-state index in [1.54, 1.807) is 25.4 Å². The summed E-state index contributed by atoms with van der Waals surface area (Å²) < 4.78 is 29.0. The van der Waals surface area contributed by atoms with E-state index in [2.05, 4.69) is 16.9 Å². The number of allylic oxidation sites excluding steroid dienone is 3. The summed E-state index contributed by atoms with van der Waals surface area (Å²) in [6, 6.07) is 2.84. The number of nitrogens with one attached hydrogen (secondary N) is 1. The molecule has 1 unspecified atom stereocenters. The van der Waals surface area contributed by atoms with E-state index in [1.165, 1.54) is 12.1 Å². The molecule has 1 aliphatic rings. The summed E-state index contributed by atoms with van der Waals surface area (Å²) in [5.41, 5.74) is 8.87. The first kappa shape index (κ1) is 20.8. The van der Waals surface area contributed by atoms with Crippen molar-refractivity contribution in [1.82, 2.24) is 5.32 Å². The van der Waals surface area contributed by atoms with Crippen molar-refractivity contribution in [3.8, 4) is 0 Å². The van der Waals surface area contributed by atoms with Crippen LogP contribution in [0.25, 0.3) is 0 Å². The zero-order valence-corrected chi connectivity index (χ0v) is 16.2. The van der Waals surface area contributed by atoms with Crippen LogP contribution in [0.2, 0.25) is 0 Å². The molecule has 0 aromatic heterocycles. The zero-order valence-electron chi connectivity index (χ0n) is 16.2. The van der Waals surface area contributed by atoms with Gasteiger partial charge in [-0.05, 0) is 55.5 Å². The Labute approximate surface area is 160 Å². The van der Waals surface area contributed by atoms with E-state index in [-0.39, 0.29) is 6.04 Å². The quantitative estimate of drug-likeness (QED) is 0.565. The van der Waals surface area contributed by atoms with Gasteiger partial charge < -0.3 is 10.6 Å². The maximum atomic E-state index is 14.5. The van der Waals surface area contributed by atoms with Crippen LogP contribution in [0.5, 0.6) is 0 Å². The van der Waals surface area contributed by atoms with Gasteiger partial charge in [-0.15, -0.1) is 0 Å². The van der Waals surface area contributed by atoms with Crippen molar-refractivity contribution in [2.24, 2.45) is 10.7 Å². The number of anilines is 1. The molecule has 1 fully saturated rings. The molecule has 1 aliphatic heterocycles. The summed E-state index contributed by atoms with van der Waals surface area (Å²) in [5, 5.41) is 3.21. The predicted octanol–water partition coefficient (Wildman–Crippen LogP) is 3.70. The molecule has 2 rings (SSSR count). The van der Waals surface area contributed by atoms with Crippen LogP contribution >= 0.6 is 0 Å². The topological polar surface area (TPSA) is 53.6 Å². The first-order valence-electron chi connectivity index (χ1n) is 9.03. The molecule has 1 heterocycles. The maximum Gasteiger partial charge on any atom is 0.147 e. The van der Waals surface area contributed by atoms with Gasteiger partial charge in [-0.3, -0.25) is 10.3 Å². The van der Waals surface area contributed by atoms with Gasteiger partial charge in [-0.25, -0.2) is 8.78 Å². The molecule has 4 nitrogen and oxygen atoms in total. The van der Waals surface area contributed by atoms with Gasteiger partial charge >= 0.3 is 0 Å². The number of aliphatic imine (C=N–C) groups is 1. The van der Waals surface area contributed by atoms with E-state index in [1.807, 2.05) is 18.7 Å². The molecule has 1 aromatic rings. The van der Waals surface area contributed by atoms with Crippen LogP contribution in [-0.4, -0.2) is 32.5 Å². The lowest BCUT2D eigenvalue weighted by Crippen LogP contribution is -2.22. The lowest BCUT2D eigenvalue weighted by molar-refractivity contribution is 0.581. The molecule has 0 bridgehead atoms.